The van der Waals surface area contributed by atoms with Crippen molar-refractivity contribution in [3.8, 4) is 11.5 Å². The maximum absolute atomic E-state index is 13.0. The van der Waals surface area contributed by atoms with Crippen LogP contribution in [0.15, 0.2) is 53.4 Å². The minimum atomic E-state index is -3.76. The first-order valence-corrected chi connectivity index (χ1v) is 11.7. The second-order valence-corrected chi connectivity index (χ2v) is 9.08. The van der Waals surface area contributed by atoms with Gasteiger partial charge in [0.25, 0.3) is 0 Å². The third-order valence-corrected chi connectivity index (χ3v) is 6.73. The lowest BCUT2D eigenvalue weighted by Gasteiger charge is -2.26. The van der Waals surface area contributed by atoms with Gasteiger partial charge in [-0.2, -0.15) is 4.31 Å². The van der Waals surface area contributed by atoms with Crippen molar-refractivity contribution in [2.24, 2.45) is 0 Å². The molecule has 0 N–H and O–H groups in total. The van der Waals surface area contributed by atoms with Gasteiger partial charge in [-0.25, -0.2) is 13.2 Å². The van der Waals surface area contributed by atoms with E-state index in [4.69, 9.17) is 30.5 Å². The van der Waals surface area contributed by atoms with Crippen molar-refractivity contribution in [1.82, 2.24) is 4.31 Å². The van der Waals surface area contributed by atoms with Gasteiger partial charge in [0.2, 0.25) is 10.0 Å². The van der Waals surface area contributed by atoms with Crippen molar-refractivity contribution in [1.29, 1.82) is 0 Å². The van der Waals surface area contributed by atoms with Gasteiger partial charge < -0.3 is 18.9 Å². The number of methoxy groups -OCH3 is 1. The number of benzene rings is 2. The summed E-state index contributed by atoms with van der Waals surface area (Å²) >= 11 is 5.88. The van der Waals surface area contributed by atoms with Crippen LogP contribution in [0.25, 0.3) is 6.08 Å². The highest BCUT2D eigenvalue weighted by Crippen LogP contribution is 2.29. The highest BCUT2D eigenvalue weighted by molar-refractivity contribution is 7.89. The zero-order valence-corrected chi connectivity index (χ0v) is 19.1. The van der Waals surface area contributed by atoms with Gasteiger partial charge in [0.05, 0.1) is 20.3 Å². The molecule has 0 spiro atoms. The predicted molar refractivity (Wildman–Crippen MR) is 120 cm³/mol. The van der Waals surface area contributed by atoms with Crippen LogP contribution in [-0.2, 0) is 24.3 Å². The van der Waals surface area contributed by atoms with E-state index in [-0.39, 0.29) is 36.9 Å². The Morgan fingerprint density at radius 1 is 1.16 bits per heavy atom. The summed E-state index contributed by atoms with van der Waals surface area (Å²) in [6.45, 7) is 1.45. The molecular weight excluding hydrogens is 458 g/mol. The van der Waals surface area contributed by atoms with E-state index in [9.17, 15) is 13.2 Å². The highest BCUT2D eigenvalue weighted by Gasteiger charge is 2.29. The summed E-state index contributed by atoms with van der Waals surface area (Å²) in [6.07, 6.45) is 2.71. The summed E-state index contributed by atoms with van der Waals surface area (Å²) in [4.78, 5) is 12.0. The Labute approximate surface area is 192 Å². The second kappa shape index (κ2) is 11.3. The van der Waals surface area contributed by atoms with Crippen molar-refractivity contribution in [2.75, 3.05) is 46.6 Å². The number of rotatable bonds is 9. The van der Waals surface area contributed by atoms with Crippen LogP contribution in [0.1, 0.15) is 5.56 Å². The van der Waals surface area contributed by atoms with Gasteiger partial charge in [-0.1, -0.05) is 23.7 Å². The Bertz CT molecular complexity index is 1070. The molecule has 3 rings (SSSR count). The fourth-order valence-electron chi connectivity index (χ4n) is 3.00. The van der Waals surface area contributed by atoms with Crippen LogP contribution in [0.3, 0.4) is 0 Å². The van der Waals surface area contributed by atoms with Crippen molar-refractivity contribution < 1.29 is 32.2 Å². The minimum absolute atomic E-state index is 0.0346. The Morgan fingerprint density at radius 3 is 2.66 bits per heavy atom. The minimum Gasteiger partial charge on any atom is -0.495 e. The first-order valence-electron chi connectivity index (χ1n) is 9.89. The van der Waals surface area contributed by atoms with Gasteiger partial charge in [-0.15, -0.1) is 0 Å². The molecule has 0 radical (unpaired) electrons. The summed E-state index contributed by atoms with van der Waals surface area (Å²) in [5.74, 6) is 0.235. The van der Waals surface area contributed by atoms with Crippen molar-refractivity contribution in [2.45, 2.75) is 4.90 Å². The summed E-state index contributed by atoms with van der Waals surface area (Å²) < 4.78 is 48.4. The maximum atomic E-state index is 13.0. The van der Waals surface area contributed by atoms with E-state index < -0.39 is 16.0 Å². The molecule has 2 aromatic rings. The molecule has 1 aliphatic heterocycles. The van der Waals surface area contributed by atoms with Crippen molar-refractivity contribution >= 4 is 33.7 Å². The lowest BCUT2D eigenvalue weighted by Crippen LogP contribution is -2.40. The van der Waals surface area contributed by atoms with Crippen molar-refractivity contribution in [3.63, 3.8) is 0 Å². The van der Waals surface area contributed by atoms with Gasteiger partial charge >= 0.3 is 5.97 Å². The molecule has 0 atom stereocenters. The normalized spacial score (nSPS) is 14.9. The van der Waals surface area contributed by atoms with Crippen LogP contribution >= 0.6 is 11.6 Å². The topological polar surface area (TPSA) is 91.4 Å². The van der Waals surface area contributed by atoms with E-state index in [0.29, 0.717) is 29.5 Å². The standard InChI is InChI=1S/C22H24ClNO7S/c1-28-20-7-5-17(15-21(20)32(26,27)24-9-11-29-12-10-24)6-8-22(25)31-14-13-30-19-4-2-3-18(23)16-19/h2-8,15-16H,9-14H2,1H3/b8-6+. The molecule has 2 aromatic carbocycles. The summed E-state index contributed by atoms with van der Waals surface area (Å²) in [5, 5.41) is 0.553. The van der Waals surface area contributed by atoms with Gasteiger partial charge in [-0.3, -0.25) is 0 Å². The lowest BCUT2D eigenvalue weighted by molar-refractivity contribution is -0.138. The number of carbonyl (C=O) groups excluding carboxylic acids is 1. The van der Waals surface area contributed by atoms with E-state index in [1.54, 1.807) is 36.4 Å². The third kappa shape index (κ3) is 6.46. The smallest absolute Gasteiger partial charge is 0.330 e. The van der Waals surface area contributed by atoms with E-state index in [2.05, 4.69) is 0 Å². The molecule has 0 amide bonds. The number of carbonyl (C=O) groups is 1. The molecule has 1 saturated heterocycles. The molecule has 0 aliphatic carbocycles. The Balaban J connectivity index is 1.60. The number of morpholine rings is 1. The fourth-order valence-corrected chi connectivity index (χ4v) is 4.77. The van der Waals surface area contributed by atoms with Crippen LogP contribution in [-0.4, -0.2) is 65.3 Å². The number of ether oxygens (including phenoxy) is 4. The molecule has 10 heteroatoms. The lowest BCUT2D eigenvalue weighted by atomic mass is 10.2. The molecule has 0 unspecified atom stereocenters. The molecule has 0 saturated carbocycles. The quantitative estimate of drug-likeness (QED) is 0.309. The number of hydrogen-bond acceptors (Lipinski definition) is 7. The van der Waals surface area contributed by atoms with Gasteiger partial charge in [-0.05, 0) is 42.0 Å². The van der Waals surface area contributed by atoms with Gasteiger partial charge in [0, 0.05) is 24.2 Å². The number of nitrogens with zero attached hydrogens (tertiary/aromatic N) is 1. The van der Waals surface area contributed by atoms with E-state index >= 15 is 0 Å². The average molecular weight is 482 g/mol. The maximum Gasteiger partial charge on any atom is 0.330 e. The predicted octanol–water partition coefficient (Wildman–Crippen LogP) is 3.00. The molecule has 1 heterocycles. The molecule has 172 valence electrons. The van der Waals surface area contributed by atoms with Gasteiger partial charge in [0.1, 0.15) is 29.6 Å². The molecular formula is C22H24ClNO7S. The zero-order chi connectivity index (χ0) is 23.0. The molecule has 32 heavy (non-hydrogen) atoms. The number of hydrogen-bond donors (Lipinski definition) is 0. The molecule has 8 nitrogen and oxygen atoms in total. The number of esters is 1. The zero-order valence-electron chi connectivity index (χ0n) is 17.5. The van der Waals surface area contributed by atoms with Crippen LogP contribution in [0.5, 0.6) is 11.5 Å². The third-order valence-electron chi connectivity index (χ3n) is 4.58. The monoisotopic (exact) mass is 481 g/mol. The first kappa shape index (κ1) is 24.1. The van der Waals surface area contributed by atoms with Crippen LogP contribution in [0.2, 0.25) is 5.02 Å². The van der Waals surface area contributed by atoms with Crippen LogP contribution < -0.4 is 9.47 Å². The summed E-state index contributed by atoms with van der Waals surface area (Å²) in [7, 11) is -2.35. The second-order valence-electron chi connectivity index (χ2n) is 6.73. The summed E-state index contributed by atoms with van der Waals surface area (Å²) in [5.41, 5.74) is 0.518. The van der Waals surface area contributed by atoms with E-state index in [1.165, 1.54) is 29.6 Å². The molecule has 0 aromatic heterocycles. The molecule has 1 aliphatic rings. The van der Waals surface area contributed by atoms with E-state index in [1.807, 2.05) is 0 Å². The summed E-state index contributed by atoms with van der Waals surface area (Å²) in [6, 6.07) is 11.6. The Hall–Kier alpha value is -2.59. The number of halogens is 1. The molecule has 0 bridgehead atoms. The van der Waals surface area contributed by atoms with Crippen LogP contribution in [0, 0.1) is 0 Å². The Kier molecular flexibility index (Phi) is 8.52. The van der Waals surface area contributed by atoms with Crippen molar-refractivity contribution in [3.05, 3.63) is 59.1 Å². The van der Waals surface area contributed by atoms with E-state index in [0.717, 1.165) is 0 Å². The first-order chi connectivity index (χ1) is 15.4. The number of sulfonamides is 1. The average Bonchev–Trinajstić information content (AvgIpc) is 2.81. The largest absolute Gasteiger partial charge is 0.495 e. The van der Waals surface area contributed by atoms with Gasteiger partial charge in [0.15, 0.2) is 0 Å². The fraction of sp³-hybridized carbons (Fsp3) is 0.318. The van der Waals surface area contributed by atoms with Crippen LogP contribution in [0.4, 0.5) is 0 Å². The molecule has 1 fully saturated rings. The SMILES string of the molecule is COc1ccc(/C=C/C(=O)OCCOc2cccc(Cl)c2)cc1S(=O)(=O)N1CCOCC1. The highest BCUT2D eigenvalue weighted by atomic mass is 35.5. The Morgan fingerprint density at radius 2 is 1.94 bits per heavy atom.